The molecule has 1 amide bonds. The van der Waals surface area contributed by atoms with Crippen LogP contribution >= 0.6 is 0 Å². The number of nitrogens with one attached hydrogen (secondary N) is 1. The number of para-hydroxylation sites is 2. The van der Waals surface area contributed by atoms with Gasteiger partial charge in [0.2, 0.25) is 5.91 Å². The number of anilines is 2. The summed E-state index contributed by atoms with van der Waals surface area (Å²) in [7, 11) is 0. The second-order valence-corrected chi connectivity index (χ2v) is 5.76. The third-order valence-electron chi connectivity index (χ3n) is 4.34. The number of benzene rings is 2. The molecule has 22 heavy (non-hydrogen) atoms. The quantitative estimate of drug-likeness (QED) is 0.934. The fraction of sp³-hybridized carbons (Fsp3) is 0.316. The maximum atomic E-state index is 13.0. The molecule has 0 saturated heterocycles. The number of nitrogens with zero attached hydrogens (tertiary/aromatic N) is 1. The van der Waals surface area contributed by atoms with Crippen LogP contribution in [-0.2, 0) is 11.2 Å². The smallest absolute Gasteiger partial charge is 0.249 e. The van der Waals surface area contributed by atoms with Crippen molar-refractivity contribution in [3.63, 3.8) is 0 Å². The van der Waals surface area contributed by atoms with Crippen LogP contribution in [0.2, 0.25) is 0 Å². The number of likely N-dealkylation sites (N-methyl/N-ethyl adjacent to an activating group) is 1. The predicted molar refractivity (Wildman–Crippen MR) is 91.4 cm³/mol. The Kier molecular flexibility index (Phi) is 4.14. The lowest BCUT2D eigenvalue weighted by Crippen LogP contribution is -2.45. The van der Waals surface area contributed by atoms with Gasteiger partial charge in [-0.2, -0.15) is 0 Å². The van der Waals surface area contributed by atoms with Crippen LogP contribution in [0.3, 0.4) is 0 Å². The number of carbonyl (C=O) groups excluding carboxylic acids is 1. The normalized spacial score (nSPS) is 16.5. The summed E-state index contributed by atoms with van der Waals surface area (Å²) in [6.45, 7) is 4.76. The van der Waals surface area contributed by atoms with Crippen LogP contribution in [-0.4, -0.2) is 18.5 Å². The van der Waals surface area contributed by atoms with Crippen LogP contribution in [0.5, 0.6) is 0 Å². The van der Waals surface area contributed by atoms with Crippen LogP contribution in [0, 0.1) is 6.92 Å². The van der Waals surface area contributed by atoms with E-state index < -0.39 is 0 Å². The van der Waals surface area contributed by atoms with Crippen molar-refractivity contribution in [2.45, 2.75) is 32.7 Å². The van der Waals surface area contributed by atoms with E-state index in [1.54, 1.807) is 0 Å². The first-order chi connectivity index (χ1) is 10.7. The molecule has 1 atom stereocenters. The molecule has 0 aromatic heterocycles. The van der Waals surface area contributed by atoms with Crippen LogP contribution in [0.1, 0.15) is 24.5 Å². The maximum Gasteiger partial charge on any atom is 0.249 e. The molecule has 1 unspecified atom stereocenters. The van der Waals surface area contributed by atoms with Gasteiger partial charge in [0.05, 0.1) is 0 Å². The third-order valence-corrected chi connectivity index (χ3v) is 4.34. The molecule has 1 aliphatic rings. The van der Waals surface area contributed by atoms with E-state index in [4.69, 9.17) is 0 Å². The van der Waals surface area contributed by atoms with Gasteiger partial charge in [-0.05, 0) is 49.9 Å². The van der Waals surface area contributed by atoms with E-state index in [1.165, 1.54) is 5.56 Å². The van der Waals surface area contributed by atoms with Gasteiger partial charge < -0.3 is 10.2 Å². The molecule has 0 aliphatic carbocycles. The van der Waals surface area contributed by atoms with Gasteiger partial charge in [-0.15, -0.1) is 0 Å². The summed E-state index contributed by atoms with van der Waals surface area (Å²) in [5.41, 5.74) is 4.53. The highest BCUT2D eigenvalue weighted by molar-refractivity contribution is 5.99. The van der Waals surface area contributed by atoms with Crippen LogP contribution in [0.25, 0.3) is 0 Å². The molecule has 0 spiro atoms. The molecule has 114 valence electrons. The third kappa shape index (κ3) is 2.71. The first-order valence-corrected chi connectivity index (χ1v) is 7.92. The van der Waals surface area contributed by atoms with E-state index in [1.807, 2.05) is 42.2 Å². The van der Waals surface area contributed by atoms with Gasteiger partial charge in [0.15, 0.2) is 0 Å². The average molecular weight is 294 g/mol. The van der Waals surface area contributed by atoms with Gasteiger partial charge >= 0.3 is 0 Å². The highest BCUT2D eigenvalue weighted by Gasteiger charge is 2.28. The Bertz CT molecular complexity index is 681. The van der Waals surface area contributed by atoms with Crippen LogP contribution < -0.4 is 10.2 Å². The lowest BCUT2D eigenvalue weighted by Gasteiger charge is -2.31. The molecule has 1 N–H and O–H groups in total. The molecule has 3 heteroatoms. The Hall–Kier alpha value is -2.29. The van der Waals surface area contributed by atoms with Crippen molar-refractivity contribution in [1.29, 1.82) is 0 Å². The SMILES string of the molecule is CCN(C(=O)C1CCc2ccccc2N1)c1ccccc1C. The molecule has 2 aromatic rings. The van der Waals surface area contributed by atoms with Crippen LogP contribution in [0.4, 0.5) is 11.4 Å². The molecule has 0 radical (unpaired) electrons. The fourth-order valence-electron chi connectivity index (χ4n) is 3.12. The van der Waals surface area contributed by atoms with Crippen molar-refractivity contribution in [2.24, 2.45) is 0 Å². The minimum atomic E-state index is -0.144. The summed E-state index contributed by atoms with van der Waals surface area (Å²) < 4.78 is 0. The summed E-state index contributed by atoms with van der Waals surface area (Å²) in [4.78, 5) is 14.8. The molecule has 1 aliphatic heterocycles. The zero-order valence-electron chi connectivity index (χ0n) is 13.2. The molecule has 1 heterocycles. The highest BCUT2D eigenvalue weighted by atomic mass is 16.2. The van der Waals surface area contributed by atoms with Gasteiger partial charge in [-0.1, -0.05) is 36.4 Å². The number of hydrogen-bond donors (Lipinski definition) is 1. The Morgan fingerprint density at radius 2 is 1.91 bits per heavy atom. The zero-order valence-corrected chi connectivity index (χ0v) is 13.2. The summed E-state index contributed by atoms with van der Waals surface area (Å²) >= 11 is 0. The van der Waals surface area contributed by atoms with Crippen molar-refractivity contribution in [2.75, 3.05) is 16.8 Å². The summed E-state index contributed by atoms with van der Waals surface area (Å²) in [6, 6.07) is 16.2. The Morgan fingerprint density at radius 1 is 1.18 bits per heavy atom. The van der Waals surface area contributed by atoms with Crippen molar-refractivity contribution < 1.29 is 4.79 Å². The molecular formula is C19H22N2O. The number of amides is 1. The Morgan fingerprint density at radius 3 is 2.68 bits per heavy atom. The van der Waals surface area contributed by atoms with Crippen molar-refractivity contribution in [3.8, 4) is 0 Å². The van der Waals surface area contributed by atoms with Crippen molar-refractivity contribution in [1.82, 2.24) is 0 Å². The molecule has 0 fully saturated rings. The van der Waals surface area contributed by atoms with Gasteiger partial charge in [-0.25, -0.2) is 0 Å². The first kappa shape index (κ1) is 14.6. The van der Waals surface area contributed by atoms with E-state index in [2.05, 4.69) is 30.4 Å². The second-order valence-electron chi connectivity index (χ2n) is 5.76. The molecular weight excluding hydrogens is 272 g/mol. The topological polar surface area (TPSA) is 32.3 Å². The number of aryl methyl sites for hydroxylation is 2. The standard InChI is InChI=1S/C19H22N2O/c1-3-21(18-11-7-4-8-14(18)2)19(22)17-13-12-15-9-5-6-10-16(15)20-17/h4-11,17,20H,3,12-13H2,1-2H3. The molecule has 0 bridgehead atoms. The van der Waals surface area contributed by atoms with E-state index in [-0.39, 0.29) is 11.9 Å². The number of fused-ring (bicyclic) bond motifs is 1. The lowest BCUT2D eigenvalue weighted by atomic mass is 9.97. The fourth-order valence-corrected chi connectivity index (χ4v) is 3.12. The minimum Gasteiger partial charge on any atom is -0.373 e. The summed E-state index contributed by atoms with van der Waals surface area (Å²) in [6.07, 6.45) is 1.79. The molecule has 3 nitrogen and oxygen atoms in total. The average Bonchev–Trinajstić information content (AvgIpc) is 2.56. The second kappa shape index (κ2) is 6.22. The predicted octanol–water partition coefficient (Wildman–Crippen LogP) is 3.77. The lowest BCUT2D eigenvalue weighted by molar-refractivity contribution is -0.119. The van der Waals surface area contributed by atoms with E-state index in [0.29, 0.717) is 6.54 Å². The summed E-state index contributed by atoms with van der Waals surface area (Å²) in [5, 5.41) is 3.41. The summed E-state index contributed by atoms with van der Waals surface area (Å²) in [5.74, 6) is 0.159. The molecule has 3 rings (SSSR count). The van der Waals surface area contributed by atoms with Crippen LogP contribution in [0.15, 0.2) is 48.5 Å². The molecule has 2 aromatic carbocycles. The molecule has 0 saturated carbocycles. The van der Waals surface area contributed by atoms with Crippen molar-refractivity contribution in [3.05, 3.63) is 59.7 Å². The van der Waals surface area contributed by atoms with Crippen molar-refractivity contribution >= 4 is 17.3 Å². The largest absolute Gasteiger partial charge is 0.373 e. The number of hydrogen-bond acceptors (Lipinski definition) is 2. The minimum absolute atomic E-state index is 0.144. The first-order valence-electron chi connectivity index (χ1n) is 7.92. The van der Waals surface area contributed by atoms with Gasteiger partial charge in [0.1, 0.15) is 6.04 Å². The Labute approximate surface area is 132 Å². The van der Waals surface area contributed by atoms with E-state index in [9.17, 15) is 4.79 Å². The van der Waals surface area contributed by atoms with E-state index >= 15 is 0 Å². The zero-order chi connectivity index (χ0) is 15.5. The number of rotatable bonds is 3. The monoisotopic (exact) mass is 294 g/mol. The van der Waals surface area contributed by atoms with Gasteiger partial charge in [0, 0.05) is 17.9 Å². The van der Waals surface area contributed by atoms with E-state index in [0.717, 1.165) is 29.8 Å². The maximum absolute atomic E-state index is 13.0. The number of carbonyl (C=O) groups is 1. The highest BCUT2D eigenvalue weighted by Crippen LogP contribution is 2.27. The van der Waals surface area contributed by atoms with Gasteiger partial charge in [0.25, 0.3) is 0 Å². The van der Waals surface area contributed by atoms with Gasteiger partial charge in [-0.3, -0.25) is 4.79 Å². The Balaban J connectivity index is 1.83.